The molecule has 0 aliphatic heterocycles. The highest BCUT2D eigenvalue weighted by atomic mass is 16.5. The summed E-state index contributed by atoms with van der Waals surface area (Å²) in [4.78, 5) is 0. The molecule has 0 aliphatic carbocycles. The fourth-order valence-corrected chi connectivity index (χ4v) is 2.49. The zero-order chi connectivity index (χ0) is 15.2. The van der Waals surface area contributed by atoms with E-state index in [9.17, 15) is 0 Å². The van der Waals surface area contributed by atoms with Gasteiger partial charge in [0.15, 0.2) is 0 Å². The van der Waals surface area contributed by atoms with E-state index in [-0.39, 0.29) is 6.04 Å². The molecule has 0 fully saturated rings. The molecule has 2 aromatic rings. The second-order valence-corrected chi connectivity index (χ2v) is 5.25. The van der Waals surface area contributed by atoms with E-state index in [1.54, 1.807) is 0 Å². The average Bonchev–Trinajstić information content (AvgIpc) is 2.82. The third kappa shape index (κ3) is 3.85. The van der Waals surface area contributed by atoms with E-state index in [2.05, 4.69) is 49.5 Å². The van der Waals surface area contributed by atoms with Gasteiger partial charge in [0.25, 0.3) is 0 Å². The molecular formula is C17H25N3O. The molecule has 1 aromatic carbocycles. The first-order chi connectivity index (χ1) is 10.2. The summed E-state index contributed by atoms with van der Waals surface area (Å²) in [7, 11) is 1.96. The molecule has 1 atom stereocenters. The van der Waals surface area contributed by atoms with E-state index in [4.69, 9.17) is 4.74 Å². The standard InChI is InChI=1S/C17H25N3O/c1-5-11-21-15-9-7-14(8-10-15)17(18-6-2)16-12-20(4)19-13(16)3/h7-10,12,17-18H,5-6,11H2,1-4H3. The maximum atomic E-state index is 5.65. The molecule has 1 N–H and O–H groups in total. The largest absolute Gasteiger partial charge is 0.494 e. The maximum absolute atomic E-state index is 5.65. The Bertz CT molecular complexity index is 560. The summed E-state index contributed by atoms with van der Waals surface area (Å²) in [5.41, 5.74) is 3.52. The smallest absolute Gasteiger partial charge is 0.119 e. The van der Waals surface area contributed by atoms with Crippen LogP contribution >= 0.6 is 0 Å². The van der Waals surface area contributed by atoms with Crippen molar-refractivity contribution in [3.05, 3.63) is 47.3 Å². The predicted octanol–water partition coefficient (Wildman–Crippen LogP) is 3.22. The van der Waals surface area contributed by atoms with Crippen LogP contribution in [-0.2, 0) is 7.05 Å². The summed E-state index contributed by atoms with van der Waals surface area (Å²) in [6, 6.07) is 8.52. The quantitative estimate of drug-likeness (QED) is 0.850. The minimum absolute atomic E-state index is 0.170. The Kier molecular flexibility index (Phi) is 5.39. The van der Waals surface area contributed by atoms with Crippen LogP contribution in [0.2, 0.25) is 0 Å². The second kappa shape index (κ2) is 7.27. The van der Waals surface area contributed by atoms with Crippen molar-refractivity contribution >= 4 is 0 Å². The van der Waals surface area contributed by atoms with Crippen LogP contribution in [0.1, 0.15) is 43.1 Å². The van der Waals surface area contributed by atoms with Gasteiger partial charge in [-0.2, -0.15) is 5.10 Å². The number of aryl methyl sites for hydroxylation is 2. The zero-order valence-corrected chi connectivity index (χ0v) is 13.4. The molecule has 0 saturated carbocycles. The van der Waals surface area contributed by atoms with Crippen LogP contribution in [0.3, 0.4) is 0 Å². The molecule has 1 unspecified atom stereocenters. The molecule has 4 heteroatoms. The van der Waals surface area contributed by atoms with Gasteiger partial charge in [0.1, 0.15) is 5.75 Å². The van der Waals surface area contributed by atoms with Crippen molar-refractivity contribution in [1.29, 1.82) is 0 Å². The van der Waals surface area contributed by atoms with Gasteiger partial charge >= 0.3 is 0 Å². The molecule has 0 amide bonds. The molecule has 0 aliphatic rings. The molecule has 0 saturated heterocycles. The van der Waals surface area contributed by atoms with Gasteiger partial charge in [0.2, 0.25) is 0 Å². The molecule has 114 valence electrons. The van der Waals surface area contributed by atoms with Crippen molar-refractivity contribution in [2.45, 2.75) is 33.2 Å². The minimum atomic E-state index is 0.170. The van der Waals surface area contributed by atoms with Crippen molar-refractivity contribution in [3.63, 3.8) is 0 Å². The van der Waals surface area contributed by atoms with Gasteiger partial charge in [-0.25, -0.2) is 0 Å². The lowest BCUT2D eigenvalue weighted by molar-refractivity contribution is 0.317. The molecule has 0 bridgehead atoms. The second-order valence-electron chi connectivity index (χ2n) is 5.25. The highest BCUT2D eigenvalue weighted by molar-refractivity contribution is 5.36. The van der Waals surface area contributed by atoms with E-state index >= 15 is 0 Å². The topological polar surface area (TPSA) is 39.1 Å². The Morgan fingerprint density at radius 2 is 1.95 bits per heavy atom. The van der Waals surface area contributed by atoms with Gasteiger partial charge in [0.05, 0.1) is 18.3 Å². The van der Waals surface area contributed by atoms with Crippen LogP contribution in [0.5, 0.6) is 5.75 Å². The van der Waals surface area contributed by atoms with E-state index in [1.807, 2.05) is 23.9 Å². The van der Waals surface area contributed by atoms with Crippen LogP contribution in [0.15, 0.2) is 30.5 Å². The first kappa shape index (κ1) is 15.6. The monoisotopic (exact) mass is 287 g/mol. The molecule has 21 heavy (non-hydrogen) atoms. The average molecular weight is 287 g/mol. The van der Waals surface area contributed by atoms with Crippen molar-refractivity contribution in [1.82, 2.24) is 15.1 Å². The summed E-state index contributed by atoms with van der Waals surface area (Å²) in [6.07, 6.45) is 3.11. The number of rotatable bonds is 7. The lowest BCUT2D eigenvalue weighted by Gasteiger charge is -2.18. The highest BCUT2D eigenvalue weighted by Crippen LogP contribution is 2.26. The van der Waals surface area contributed by atoms with Crippen LogP contribution in [0, 0.1) is 6.92 Å². The zero-order valence-electron chi connectivity index (χ0n) is 13.4. The first-order valence-corrected chi connectivity index (χ1v) is 7.62. The molecule has 1 heterocycles. The molecular weight excluding hydrogens is 262 g/mol. The van der Waals surface area contributed by atoms with Crippen LogP contribution < -0.4 is 10.1 Å². The lowest BCUT2D eigenvalue weighted by atomic mass is 9.99. The summed E-state index contributed by atoms with van der Waals surface area (Å²) in [5.74, 6) is 0.929. The normalized spacial score (nSPS) is 12.4. The van der Waals surface area contributed by atoms with Crippen molar-refractivity contribution in [2.24, 2.45) is 7.05 Å². The number of benzene rings is 1. The SMILES string of the molecule is CCCOc1ccc(C(NCC)c2cn(C)nc2C)cc1. The Labute approximate surface area is 127 Å². The number of hydrogen-bond donors (Lipinski definition) is 1. The summed E-state index contributed by atoms with van der Waals surface area (Å²) >= 11 is 0. The number of aromatic nitrogens is 2. The Morgan fingerprint density at radius 1 is 1.24 bits per heavy atom. The number of nitrogens with one attached hydrogen (secondary N) is 1. The van der Waals surface area contributed by atoms with Gasteiger partial charge in [-0.15, -0.1) is 0 Å². The highest BCUT2D eigenvalue weighted by Gasteiger charge is 2.17. The number of nitrogens with zero attached hydrogens (tertiary/aromatic N) is 2. The van der Waals surface area contributed by atoms with Gasteiger partial charge in [-0.3, -0.25) is 4.68 Å². The summed E-state index contributed by atoms with van der Waals surface area (Å²) < 4.78 is 7.52. The van der Waals surface area contributed by atoms with E-state index in [0.29, 0.717) is 0 Å². The third-order valence-corrected chi connectivity index (χ3v) is 3.46. The Morgan fingerprint density at radius 3 is 2.48 bits per heavy atom. The summed E-state index contributed by atoms with van der Waals surface area (Å²) in [6.45, 7) is 7.96. The Balaban J connectivity index is 2.24. The van der Waals surface area contributed by atoms with Gasteiger partial charge < -0.3 is 10.1 Å². The molecule has 0 spiro atoms. The Hall–Kier alpha value is -1.81. The minimum Gasteiger partial charge on any atom is -0.494 e. The molecule has 0 radical (unpaired) electrons. The maximum Gasteiger partial charge on any atom is 0.119 e. The van der Waals surface area contributed by atoms with Crippen molar-refractivity contribution < 1.29 is 4.74 Å². The van der Waals surface area contributed by atoms with Crippen molar-refractivity contribution in [3.8, 4) is 5.75 Å². The first-order valence-electron chi connectivity index (χ1n) is 7.62. The third-order valence-electron chi connectivity index (χ3n) is 3.46. The van der Waals surface area contributed by atoms with Gasteiger partial charge in [-0.1, -0.05) is 26.0 Å². The van der Waals surface area contributed by atoms with Gasteiger partial charge in [-0.05, 0) is 37.6 Å². The fraction of sp³-hybridized carbons (Fsp3) is 0.471. The number of ether oxygens (including phenoxy) is 1. The van der Waals surface area contributed by atoms with Crippen LogP contribution in [-0.4, -0.2) is 22.9 Å². The number of hydrogen-bond acceptors (Lipinski definition) is 3. The van der Waals surface area contributed by atoms with E-state index in [0.717, 1.165) is 31.0 Å². The van der Waals surface area contributed by atoms with E-state index in [1.165, 1.54) is 11.1 Å². The van der Waals surface area contributed by atoms with E-state index < -0.39 is 0 Å². The van der Waals surface area contributed by atoms with Gasteiger partial charge in [0, 0.05) is 18.8 Å². The van der Waals surface area contributed by atoms with Crippen LogP contribution in [0.4, 0.5) is 0 Å². The molecule has 4 nitrogen and oxygen atoms in total. The predicted molar refractivity (Wildman–Crippen MR) is 85.7 cm³/mol. The van der Waals surface area contributed by atoms with Crippen molar-refractivity contribution in [2.75, 3.05) is 13.2 Å². The molecule has 2 rings (SSSR count). The lowest BCUT2D eigenvalue weighted by Crippen LogP contribution is -2.22. The summed E-state index contributed by atoms with van der Waals surface area (Å²) in [5, 5.41) is 7.99. The van der Waals surface area contributed by atoms with Crippen LogP contribution in [0.25, 0.3) is 0 Å². The fourth-order valence-electron chi connectivity index (χ4n) is 2.49. The molecule has 1 aromatic heterocycles.